The van der Waals surface area contributed by atoms with Gasteiger partial charge in [-0.15, -0.1) is 0 Å². The van der Waals surface area contributed by atoms with Crippen LogP contribution < -0.4 is 16.0 Å². The van der Waals surface area contributed by atoms with E-state index >= 15 is 0 Å². The molecule has 2 saturated heterocycles. The summed E-state index contributed by atoms with van der Waals surface area (Å²) in [6.45, 7) is 8.81. The molecule has 7 nitrogen and oxygen atoms in total. The third-order valence-corrected chi connectivity index (χ3v) is 6.83. The Labute approximate surface area is 171 Å². The minimum Gasteiger partial charge on any atom is -0.322 e. The molecule has 0 radical (unpaired) electrons. The largest absolute Gasteiger partial charge is 0.322 e. The van der Waals surface area contributed by atoms with E-state index in [1.807, 2.05) is 12.1 Å². The maximum Gasteiger partial charge on any atom is 0.255 e. The van der Waals surface area contributed by atoms with Crippen molar-refractivity contribution in [2.24, 2.45) is 11.3 Å². The molecular formula is C22H30N4O3. The molecule has 2 fully saturated rings. The Morgan fingerprint density at radius 1 is 1.24 bits per heavy atom. The lowest BCUT2D eigenvalue weighted by Gasteiger charge is -2.39. The van der Waals surface area contributed by atoms with Crippen molar-refractivity contribution in [3.05, 3.63) is 34.9 Å². The Kier molecular flexibility index (Phi) is 5.44. The first kappa shape index (κ1) is 20.0. The molecule has 0 aliphatic carbocycles. The van der Waals surface area contributed by atoms with Crippen LogP contribution in [0.3, 0.4) is 0 Å². The summed E-state index contributed by atoms with van der Waals surface area (Å²) in [6, 6.07) is 5.23. The van der Waals surface area contributed by atoms with Gasteiger partial charge in [0.15, 0.2) is 0 Å². The number of hydrogen-bond donors (Lipinski definition) is 3. The molecule has 0 saturated carbocycles. The highest BCUT2D eigenvalue weighted by Gasteiger charge is 2.39. The highest BCUT2D eigenvalue weighted by molar-refractivity contribution is 6.05. The molecule has 3 N–H and O–H groups in total. The zero-order valence-electron chi connectivity index (χ0n) is 17.2. The number of carbonyl (C=O) groups is 3. The predicted octanol–water partition coefficient (Wildman–Crippen LogP) is 1.17. The van der Waals surface area contributed by atoms with Gasteiger partial charge < -0.3 is 15.5 Å². The van der Waals surface area contributed by atoms with Crippen LogP contribution in [0.4, 0.5) is 0 Å². The first-order valence-corrected chi connectivity index (χ1v) is 10.5. The summed E-state index contributed by atoms with van der Waals surface area (Å²) in [4.78, 5) is 38.2. The second-order valence-corrected chi connectivity index (χ2v) is 9.11. The summed E-state index contributed by atoms with van der Waals surface area (Å²) in [6.07, 6.45) is 1.84. The number of benzene rings is 1. The molecule has 1 aromatic carbocycles. The zero-order valence-corrected chi connectivity index (χ0v) is 17.2. The van der Waals surface area contributed by atoms with Crippen LogP contribution in [0, 0.1) is 11.3 Å². The van der Waals surface area contributed by atoms with Gasteiger partial charge in [0.05, 0.1) is 0 Å². The third-order valence-electron chi connectivity index (χ3n) is 6.83. The number of nitrogens with zero attached hydrogens (tertiary/aromatic N) is 1. The minimum atomic E-state index is -0.567. The molecule has 0 bridgehead atoms. The lowest BCUT2D eigenvalue weighted by Crippen LogP contribution is -2.52. The summed E-state index contributed by atoms with van der Waals surface area (Å²) < 4.78 is 0. The maximum atomic E-state index is 12.9. The molecule has 3 amide bonds. The molecule has 2 atom stereocenters. The summed E-state index contributed by atoms with van der Waals surface area (Å²) in [7, 11) is 0. The zero-order chi connectivity index (χ0) is 20.6. The molecule has 29 heavy (non-hydrogen) atoms. The first-order chi connectivity index (χ1) is 13.9. The summed E-state index contributed by atoms with van der Waals surface area (Å²) in [5.41, 5.74) is 3.09. The highest BCUT2D eigenvalue weighted by Crippen LogP contribution is 2.33. The number of fused-ring (bicyclic) bond motifs is 1. The van der Waals surface area contributed by atoms with Gasteiger partial charge in [-0.1, -0.05) is 26.0 Å². The number of amides is 3. The monoisotopic (exact) mass is 398 g/mol. The number of nitrogens with one attached hydrogen (secondary N) is 3. The predicted molar refractivity (Wildman–Crippen MR) is 109 cm³/mol. The minimum absolute atomic E-state index is 0.117. The van der Waals surface area contributed by atoms with Crippen LogP contribution >= 0.6 is 0 Å². The van der Waals surface area contributed by atoms with Crippen molar-refractivity contribution in [2.75, 3.05) is 19.6 Å². The van der Waals surface area contributed by atoms with Gasteiger partial charge in [-0.25, -0.2) is 0 Å². The second kappa shape index (κ2) is 7.88. The smallest absolute Gasteiger partial charge is 0.255 e. The van der Waals surface area contributed by atoms with Crippen LogP contribution in [0.2, 0.25) is 0 Å². The Bertz CT molecular complexity index is 835. The fourth-order valence-electron chi connectivity index (χ4n) is 4.71. The number of hydrogen-bond acceptors (Lipinski definition) is 5. The Balaban J connectivity index is 1.43. The van der Waals surface area contributed by atoms with Crippen molar-refractivity contribution in [3.63, 3.8) is 0 Å². The van der Waals surface area contributed by atoms with Crippen molar-refractivity contribution in [3.8, 4) is 0 Å². The standard InChI is InChI=1S/C22H30N4O3/c1-22(2)8-9-23-11-15(22)12-24-10-14-4-3-5-16-17(14)13-26(21(16)29)18-6-7-19(27)25-20(18)28/h3-5,15,18,23-24H,6-13H2,1-2H3,(H,25,27,28). The number of imide groups is 1. The van der Waals surface area contributed by atoms with Crippen molar-refractivity contribution >= 4 is 17.7 Å². The SMILES string of the molecule is CC1(C)CCNCC1CNCc1cccc2c1CN(C1CCC(=O)NC1=O)C2=O. The van der Waals surface area contributed by atoms with Crippen LogP contribution in [-0.4, -0.2) is 48.3 Å². The van der Waals surface area contributed by atoms with Crippen molar-refractivity contribution in [2.45, 2.75) is 52.2 Å². The number of rotatable bonds is 5. The van der Waals surface area contributed by atoms with Gasteiger partial charge in [-0.3, -0.25) is 19.7 Å². The second-order valence-electron chi connectivity index (χ2n) is 9.11. The van der Waals surface area contributed by atoms with Crippen LogP contribution in [-0.2, 0) is 22.7 Å². The summed E-state index contributed by atoms with van der Waals surface area (Å²) in [5, 5.41) is 9.43. The van der Waals surface area contributed by atoms with E-state index in [1.54, 1.807) is 4.90 Å². The van der Waals surface area contributed by atoms with Crippen molar-refractivity contribution in [1.29, 1.82) is 0 Å². The van der Waals surface area contributed by atoms with Gasteiger partial charge >= 0.3 is 0 Å². The lowest BCUT2D eigenvalue weighted by molar-refractivity contribution is -0.136. The molecule has 0 aromatic heterocycles. The van der Waals surface area contributed by atoms with Gasteiger partial charge in [0.25, 0.3) is 5.91 Å². The van der Waals surface area contributed by atoms with E-state index in [9.17, 15) is 14.4 Å². The molecule has 156 valence electrons. The van der Waals surface area contributed by atoms with E-state index in [2.05, 4.69) is 35.9 Å². The lowest BCUT2D eigenvalue weighted by atomic mass is 9.74. The van der Waals surface area contributed by atoms with Gasteiger partial charge in [0.1, 0.15) is 6.04 Å². The van der Waals surface area contributed by atoms with E-state index in [-0.39, 0.29) is 24.1 Å². The molecule has 3 aliphatic rings. The Morgan fingerprint density at radius 3 is 2.83 bits per heavy atom. The molecule has 7 heteroatoms. The fraction of sp³-hybridized carbons (Fsp3) is 0.591. The molecule has 1 aromatic rings. The van der Waals surface area contributed by atoms with E-state index in [0.29, 0.717) is 36.4 Å². The van der Waals surface area contributed by atoms with Crippen LogP contribution in [0.25, 0.3) is 0 Å². The van der Waals surface area contributed by atoms with Crippen LogP contribution in [0.15, 0.2) is 18.2 Å². The fourth-order valence-corrected chi connectivity index (χ4v) is 4.71. The molecule has 3 heterocycles. The van der Waals surface area contributed by atoms with Gasteiger partial charge in [0.2, 0.25) is 11.8 Å². The van der Waals surface area contributed by atoms with Gasteiger partial charge in [-0.2, -0.15) is 0 Å². The van der Waals surface area contributed by atoms with Crippen LogP contribution in [0.5, 0.6) is 0 Å². The molecule has 3 aliphatic heterocycles. The van der Waals surface area contributed by atoms with Crippen molar-refractivity contribution in [1.82, 2.24) is 20.9 Å². The molecule has 2 unspecified atom stereocenters. The van der Waals surface area contributed by atoms with E-state index in [4.69, 9.17) is 0 Å². The molecule has 0 spiro atoms. The Hall–Kier alpha value is -2.25. The van der Waals surface area contributed by atoms with Gasteiger partial charge in [0, 0.05) is 25.1 Å². The van der Waals surface area contributed by atoms with E-state index in [0.717, 1.165) is 30.8 Å². The highest BCUT2D eigenvalue weighted by atomic mass is 16.2. The average Bonchev–Trinajstić information content (AvgIpc) is 3.00. The van der Waals surface area contributed by atoms with E-state index < -0.39 is 6.04 Å². The first-order valence-electron chi connectivity index (χ1n) is 10.5. The number of carbonyl (C=O) groups excluding carboxylic acids is 3. The normalized spacial score (nSPS) is 26.4. The van der Waals surface area contributed by atoms with E-state index in [1.165, 1.54) is 6.42 Å². The van der Waals surface area contributed by atoms with Gasteiger partial charge in [-0.05, 0) is 61.0 Å². The Morgan fingerprint density at radius 2 is 2.07 bits per heavy atom. The third kappa shape index (κ3) is 3.94. The quantitative estimate of drug-likeness (QED) is 0.648. The molecular weight excluding hydrogens is 368 g/mol. The topological polar surface area (TPSA) is 90.5 Å². The van der Waals surface area contributed by atoms with Crippen LogP contribution in [0.1, 0.15) is 54.6 Å². The maximum absolute atomic E-state index is 12.9. The molecule has 4 rings (SSSR count). The average molecular weight is 399 g/mol. The summed E-state index contributed by atoms with van der Waals surface area (Å²) >= 11 is 0. The number of piperidine rings is 2. The summed E-state index contributed by atoms with van der Waals surface area (Å²) in [5.74, 6) is -0.182. The van der Waals surface area contributed by atoms with Crippen molar-refractivity contribution < 1.29 is 14.4 Å².